The highest BCUT2D eigenvalue weighted by atomic mass is 35.5. The number of benzene rings is 1. The van der Waals surface area contributed by atoms with Crippen LogP contribution in [0.25, 0.3) is 0 Å². The van der Waals surface area contributed by atoms with Gasteiger partial charge in [0.05, 0.1) is 6.61 Å². The lowest BCUT2D eigenvalue weighted by Crippen LogP contribution is -2.00. The molecule has 0 amide bonds. The standard InChI is InChI=1S/C11H15ClO/c12-8-4-9-13-10-7-11-5-2-1-3-6-11/h1-3,5-6H,4,7-10H2. The summed E-state index contributed by atoms with van der Waals surface area (Å²) in [5.74, 6) is 0.686. The predicted molar refractivity (Wildman–Crippen MR) is 56.3 cm³/mol. The van der Waals surface area contributed by atoms with Crippen LogP contribution in [0.15, 0.2) is 30.3 Å². The third kappa shape index (κ3) is 4.91. The summed E-state index contributed by atoms with van der Waals surface area (Å²) in [5, 5.41) is 0. The first kappa shape index (κ1) is 10.6. The van der Waals surface area contributed by atoms with E-state index in [1.807, 2.05) is 18.2 Å². The number of hydrogen-bond donors (Lipinski definition) is 0. The second kappa shape index (κ2) is 6.93. The SMILES string of the molecule is ClCCCOCCc1ccccc1. The number of hydrogen-bond acceptors (Lipinski definition) is 1. The highest BCUT2D eigenvalue weighted by Crippen LogP contribution is 1.99. The van der Waals surface area contributed by atoms with Gasteiger partial charge in [-0.2, -0.15) is 0 Å². The Labute approximate surface area is 84.7 Å². The van der Waals surface area contributed by atoms with E-state index in [1.165, 1.54) is 5.56 Å². The number of alkyl halides is 1. The third-order valence-electron chi connectivity index (χ3n) is 1.80. The summed E-state index contributed by atoms with van der Waals surface area (Å²) in [6.07, 6.45) is 1.93. The Hall–Kier alpha value is -0.530. The Balaban J connectivity index is 2.07. The zero-order chi connectivity index (χ0) is 9.36. The van der Waals surface area contributed by atoms with Crippen molar-refractivity contribution in [3.05, 3.63) is 35.9 Å². The molecule has 0 bridgehead atoms. The van der Waals surface area contributed by atoms with E-state index >= 15 is 0 Å². The molecule has 0 spiro atoms. The quantitative estimate of drug-likeness (QED) is 0.505. The topological polar surface area (TPSA) is 9.23 Å². The first-order chi connectivity index (χ1) is 6.43. The molecule has 0 aliphatic carbocycles. The minimum atomic E-state index is 0.686. The molecule has 0 aromatic heterocycles. The average Bonchev–Trinajstić information content (AvgIpc) is 2.19. The van der Waals surface area contributed by atoms with Crippen molar-refractivity contribution in [1.82, 2.24) is 0 Å². The third-order valence-corrected chi connectivity index (χ3v) is 2.07. The molecule has 0 N–H and O–H groups in total. The van der Waals surface area contributed by atoms with Gasteiger partial charge in [-0.05, 0) is 18.4 Å². The van der Waals surface area contributed by atoms with Gasteiger partial charge in [-0.15, -0.1) is 11.6 Å². The fraction of sp³-hybridized carbons (Fsp3) is 0.455. The molecule has 1 aromatic rings. The van der Waals surface area contributed by atoms with Crippen LogP contribution in [-0.2, 0) is 11.2 Å². The molecule has 72 valence electrons. The predicted octanol–water partition coefficient (Wildman–Crippen LogP) is 2.87. The van der Waals surface area contributed by atoms with E-state index in [4.69, 9.17) is 16.3 Å². The molecular weight excluding hydrogens is 184 g/mol. The molecular formula is C11H15ClO. The molecule has 0 aliphatic rings. The van der Waals surface area contributed by atoms with Crippen LogP contribution in [0, 0.1) is 0 Å². The zero-order valence-corrected chi connectivity index (χ0v) is 8.46. The van der Waals surface area contributed by atoms with Crippen molar-refractivity contribution < 1.29 is 4.74 Å². The van der Waals surface area contributed by atoms with Gasteiger partial charge >= 0.3 is 0 Å². The van der Waals surface area contributed by atoms with Crippen molar-refractivity contribution in [1.29, 1.82) is 0 Å². The Bertz CT molecular complexity index is 211. The lowest BCUT2D eigenvalue weighted by molar-refractivity contribution is 0.138. The van der Waals surface area contributed by atoms with Crippen molar-refractivity contribution in [2.24, 2.45) is 0 Å². The highest BCUT2D eigenvalue weighted by Gasteiger charge is 1.91. The summed E-state index contributed by atoms with van der Waals surface area (Å²) in [5.41, 5.74) is 1.33. The van der Waals surface area contributed by atoms with Gasteiger partial charge in [0, 0.05) is 12.5 Å². The van der Waals surface area contributed by atoms with E-state index in [0.717, 1.165) is 26.1 Å². The van der Waals surface area contributed by atoms with Gasteiger partial charge in [0.2, 0.25) is 0 Å². The Morgan fingerprint density at radius 1 is 1.08 bits per heavy atom. The lowest BCUT2D eigenvalue weighted by Gasteiger charge is -2.02. The molecule has 0 atom stereocenters. The normalized spacial score (nSPS) is 10.2. The van der Waals surface area contributed by atoms with Crippen LogP contribution in [0.4, 0.5) is 0 Å². The fourth-order valence-electron chi connectivity index (χ4n) is 1.09. The number of halogens is 1. The Morgan fingerprint density at radius 2 is 1.85 bits per heavy atom. The first-order valence-corrected chi connectivity index (χ1v) is 5.14. The molecule has 0 heterocycles. The molecule has 0 fully saturated rings. The van der Waals surface area contributed by atoms with E-state index < -0.39 is 0 Å². The van der Waals surface area contributed by atoms with Gasteiger partial charge < -0.3 is 4.74 Å². The minimum Gasteiger partial charge on any atom is -0.381 e. The summed E-state index contributed by atoms with van der Waals surface area (Å²) in [4.78, 5) is 0. The van der Waals surface area contributed by atoms with Crippen LogP contribution >= 0.6 is 11.6 Å². The van der Waals surface area contributed by atoms with E-state index in [9.17, 15) is 0 Å². The minimum absolute atomic E-state index is 0.686. The van der Waals surface area contributed by atoms with Gasteiger partial charge in [0.15, 0.2) is 0 Å². The van der Waals surface area contributed by atoms with Crippen molar-refractivity contribution in [3.8, 4) is 0 Å². The summed E-state index contributed by atoms with van der Waals surface area (Å²) < 4.78 is 5.39. The molecule has 2 heteroatoms. The van der Waals surface area contributed by atoms with Crippen molar-refractivity contribution >= 4 is 11.6 Å². The van der Waals surface area contributed by atoms with Crippen LogP contribution in [0.5, 0.6) is 0 Å². The molecule has 0 radical (unpaired) electrons. The molecule has 0 unspecified atom stereocenters. The average molecular weight is 199 g/mol. The monoisotopic (exact) mass is 198 g/mol. The van der Waals surface area contributed by atoms with Crippen molar-refractivity contribution in [2.75, 3.05) is 19.1 Å². The highest BCUT2D eigenvalue weighted by molar-refractivity contribution is 6.17. The molecule has 1 aromatic carbocycles. The van der Waals surface area contributed by atoms with Crippen LogP contribution < -0.4 is 0 Å². The van der Waals surface area contributed by atoms with Crippen LogP contribution in [0.1, 0.15) is 12.0 Å². The van der Waals surface area contributed by atoms with E-state index in [1.54, 1.807) is 0 Å². The maximum Gasteiger partial charge on any atom is 0.0506 e. The first-order valence-electron chi connectivity index (χ1n) is 4.61. The van der Waals surface area contributed by atoms with E-state index in [-0.39, 0.29) is 0 Å². The summed E-state index contributed by atoms with van der Waals surface area (Å²) in [6, 6.07) is 10.4. The van der Waals surface area contributed by atoms with Gasteiger partial charge in [-0.1, -0.05) is 30.3 Å². The molecule has 1 nitrogen and oxygen atoms in total. The van der Waals surface area contributed by atoms with Gasteiger partial charge in [0.1, 0.15) is 0 Å². The molecule has 1 rings (SSSR count). The van der Waals surface area contributed by atoms with E-state index in [2.05, 4.69) is 12.1 Å². The molecule has 0 aliphatic heterocycles. The van der Waals surface area contributed by atoms with E-state index in [0.29, 0.717) is 5.88 Å². The molecule has 0 saturated heterocycles. The second-order valence-corrected chi connectivity index (χ2v) is 3.27. The summed E-state index contributed by atoms with van der Waals surface area (Å²) >= 11 is 5.52. The smallest absolute Gasteiger partial charge is 0.0506 e. The van der Waals surface area contributed by atoms with Gasteiger partial charge in [-0.3, -0.25) is 0 Å². The Morgan fingerprint density at radius 3 is 2.54 bits per heavy atom. The molecule has 13 heavy (non-hydrogen) atoms. The van der Waals surface area contributed by atoms with Crippen LogP contribution in [0.3, 0.4) is 0 Å². The fourth-order valence-corrected chi connectivity index (χ4v) is 1.20. The van der Waals surface area contributed by atoms with Crippen LogP contribution in [-0.4, -0.2) is 19.1 Å². The maximum absolute atomic E-state index is 5.52. The number of ether oxygens (including phenoxy) is 1. The lowest BCUT2D eigenvalue weighted by atomic mass is 10.2. The molecule has 0 saturated carbocycles. The Kier molecular flexibility index (Phi) is 5.62. The summed E-state index contributed by atoms with van der Waals surface area (Å²) in [6.45, 7) is 1.57. The number of rotatable bonds is 6. The largest absolute Gasteiger partial charge is 0.381 e. The van der Waals surface area contributed by atoms with Crippen molar-refractivity contribution in [2.45, 2.75) is 12.8 Å². The van der Waals surface area contributed by atoms with Gasteiger partial charge in [0.25, 0.3) is 0 Å². The maximum atomic E-state index is 5.52. The zero-order valence-electron chi connectivity index (χ0n) is 7.71. The van der Waals surface area contributed by atoms with Gasteiger partial charge in [-0.25, -0.2) is 0 Å². The van der Waals surface area contributed by atoms with Crippen molar-refractivity contribution in [3.63, 3.8) is 0 Å². The van der Waals surface area contributed by atoms with Crippen LogP contribution in [0.2, 0.25) is 0 Å². The second-order valence-electron chi connectivity index (χ2n) is 2.89. The summed E-state index contributed by atoms with van der Waals surface area (Å²) in [7, 11) is 0.